The first kappa shape index (κ1) is 21.2. The van der Waals surface area contributed by atoms with Gasteiger partial charge < -0.3 is 0 Å². The van der Waals surface area contributed by atoms with E-state index in [1.807, 2.05) is 0 Å². The van der Waals surface area contributed by atoms with Crippen LogP contribution in [-0.2, 0) is 9.84 Å². The van der Waals surface area contributed by atoms with Crippen molar-refractivity contribution in [1.82, 2.24) is 9.55 Å². The highest BCUT2D eigenvalue weighted by atomic mass is 35.5. The van der Waals surface area contributed by atoms with E-state index in [1.54, 1.807) is 55.6 Å². The van der Waals surface area contributed by atoms with Crippen molar-refractivity contribution in [3.05, 3.63) is 89.7 Å². The van der Waals surface area contributed by atoms with Gasteiger partial charge in [-0.25, -0.2) is 22.2 Å². The van der Waals surface area contributed by atoms with Gasteiger partial charge in [0.05, 0.1) is 26.9 Å². The Morgan fingerprint density at radius 2 is 1.65 bits per heavy atom. The van der Waals surface area contributed by atoms with Crippen LogP contribution in [0.3, 0.4) is 0 Å². The lowest BCUT2D eigenvalue weighted by Gasteiger charge is -2.13. The highest BCUT2D eigenvalue weighted by Gasteiger charge is 2.19. The number of rotatable bonds is 5. The van der Waals surface area contributed by atoms with Crippen molar-refractivity contribution in [3.8, 4) is 28.2 Å². The van der Waals surface area contributed by atoms with E-state index in [9.17, 15) is 17.2 Å². The zero-order valence-corrected chi connectivity index (χ0v) is 18.0. The Morgan fingerprint density at radius 1 is 0.968 bits per heavy atom. The Balaban J connectivity index is 1.78. The molecule has 0 N–H and O–H groups in total. The molecular formula is C23H17ClF2N2O2S. The molecule has 31 heavy (non-hydrogen) atoms. The summed E-state index contributed by atoms with van der Waals surface area (Å²) < 4.78 is 54.5. The van der Waals surface area contributed by atoms with Crippen molar-refractivity contribution in [1.29, 1.82) is 0 Å². The quantitative estimate of drug-likeness (QED) is 0.372. The lowest BCUT2D eigenvalue weighted by atomic mass is 10.1. The molecule has 3 aromatic carbocycles. The van der Waals surface area contributed by atoms with Crippen LogP contribution in [-0.4, -0.2) is 23.7 Å². The van der Waals surface area contributed by atoms with Gasteiger partial charge in [-0.2, -0.15) is 0 Å². The minimum atomic E-state index is -3.34. The topological polar surface area (TPSA) is 52.0 Å². The highest BCUT2D eigenvalue weighted by Crippen LogP contribution is 2.33. The van der Waals surface area contributed by atoms with Gasteiger partial charge in [-0.3, -0.25) is 4.57 Å². The van der Waals surface area contributed by atoms with Crippen LogP contribution >= 0.6 is 11.6 Å². The second-order valence-electron chi connectivity index (χ2n) is 6.81. The lowest BCUT2D eigenvalue weighted by molar-refractivity contribution is 0.587. The zero-order chi connectivity index (χ0) is 22.2. The van der Waals surface area contributed by atoms with Crippen molar-refractivity contribution in [2.24, 2.45) is 0 Å². The van der Waals surface area contributed by atoms with Crippen LogP contribution in [0.4, 0.5) is 8.78 Å². The third-order valence-corrected chi connectivity index (χ3v) is 6.98. The third kappa shape index (κ3) is 3.98. The van der Waals surface area contributed by atoms with Crippen molar-refractivity contribution in [2.45, 2.75) is 11.8 Å². The molecule has 158 valence electrons. The summed E-state index contributed by atoms with van der Waals surface area (Å²) in [6.07, 6.45) is 3.00. The molecular weight excluding hydrogens is 442 g/mol. The van der Waals surface area contributed by atoms with Crippen LogP contribution < -0.4 is 0 Å². The fourth-order valence-electron chi connectivity index (χ4n) is 3.31. The smallest absolute Gasteiger partial charge is 0.178 e. The minimum Gasteiger partial charge on any atom is -0.298 e. The summed E-state index contributed by atoms with van der Waals surface area (Å²) in [6.45, 7) is 1.59. The number of benzene rings is 3. The monoisotopic (exact) mass is 458 g/mol. The number of aromatic nitrogens is 2. The molecule has 0 aliphatic heterocycles. The molecule has 0 amide bonds. The highest BCUT2D eigenvalue weighted by molar-refractivity contribution is 7.91. The van der Waals surface area contributed by atoms with Gasteiger partial charge in [0.2, 0.25) is 0 Å². The predicted molar refractivity (Wildman–Crippen MR) is 117 cm³/mol. The molecule has 0 fully saturated rings. The predicted octanol–water partition coefficient (Wildman–Crippen LogP) is 5.93. The second kappa shape index (κ2) is 8.24. The average molecular weight is 459 g/mol. The van der Waals surface area contributed by atoms with Gasteiger partial charge >= 0.3 is 0 Å². The Kier molecular flexibility index (Phi) is 5.64. The van der Waals surface area contributed by atoms with Crippen LogP contribution in [0.15, 0.2) is 78.0 Å². The van der Waals surface area contributed by atoms with E-state index in [1.165, 1.54) is 29.0 Å². The Bertz CT molecular complexity index is 1360. The summed E-state index contributed by atoms with van der Waals surface area (Å²) in [5.41, 5.74) is 1.64. The van der Waals surface area contributed by atoms with E-state index in [0.717, 1.165) is 0 Å². The van der Waals surface area contributed by atoms with Crippen molar-refractivity contribution in [3.63, 3.8) is 0 Å². The number of nitrogens with zero attached hydrogens (tertiary/aromatic N) is 2. The molecule has 4 rings (SSSR count). The maximum absolute atomic E-state index is 14.3. The van der Waals surface area contributed by atoms with Crippen LogP contribution in [0.2, 0.25) is 5.02 Å². The van der Waals surface area contributed by atoms with E-state index in [4.69, 9.17) is 11.6 Å². The number of hydrogen-bond acceptors (Lipinski definition) is 3. The molecule has 0 radical (unpaired) electrons. The fraction of sp³-hybridized carbons (Fsp3) is 0.0870. The second-order valence-corrected chi connectivity index (χ2v) is 9.50. The van der Waals surface area contributed by atoms with Gasteiger partial charge in [0.25, 0.3) is 0 Å². The Labute approximate surface area is 183 Å². The molecule has 0 saturated heterocycles. The Hall–Kier alpha value is -3.03. The average Bonchev–Trinajstić information content (AvgIpc) is 3.22. The largest absolute Gasteiger partial charge is 0.298 e. The van der Waals surface area contributed by atoms with Crippen LogP contribution in [0.25, 0.3) is 28.2 Å². The van der Waals surface area contributed by atoms with Gasteiger partial charge in [-0.1, -0.05) is 42.8 Å². The van der Waals surface area contributed by atoms with E-state index < -0.39 is 21.5 Å². The Morgan fingerprint density at radius 3 is 2.32 bits per heavy atom. The van der Waals surface area contributed by atoms with E-state index in [-0.39, 0.29) is 22.0 Å². The molecule has 0 bridgehead atoms. The molecule has 1 aromatic heterocycles. The summed E-state index contributed by atoms with van der Waals surface area (Å²) in [7, 11) is -3.34. The number of halogens is 3. The zero-order valence-electron chi connectivity index (χ0n) is 16.4. The first-order valence-corrected chi connectivity index (χ1v) is 11.5. The van der Waals surface area contributed by atoms with E-state index in [0.29, 0.717) is 21.8 Å². The molecule has 8 heteroatoms. The summed E-state index contributed by atoms with van der Waals surface area (Å²) in [5.74, 6) is -1.36. The van der Waals surface area contributed by atoms with Crippen molar-refractivity contribution < 1.29 is 17.2 Å². The SMILES string of the molecule is CCS(=O)(=O)c1cccc(-c2ccc(-n3ccnc3-c3c(F)cccc3F)c(Cl)c2)c1. The number of imidazole rings is 1. The summed E-state index contributed by atoms with van der Waals surface area (Å²) in [6, 6.07) is 15.4. The van der Waals surface area contributed by atoms with Gasteiger partial charge in [0, 0.05) is 12.4 Å². The lowest BCUT2D eigenvalue weighted by Crippen LogP contribution is -2.03. The van der Waals surface area contributed by atoms with Gasteiger partial charge in [-0.05, 0) is 47.5 Å². The first-order chi connectivity index (χ1) is 14.8. The van der Waals surface area contributed by atoms with Crippen molar-refractivity contribution >= 4 is 21.4 Å². The number of sulfone groups is 1. The number of hydrogen-bond donors (Lipinski definition) is 0. The molecule has 1 heterocycles. The van der Waals surface area contributed by atoms with Crippen molar-refractivity contribution in [2.75, 3.05) is 5.75 Å². The molecule has 4 aromatic rings. The molecule has 4 nitrogen and oxygen atoms in total. The molecule has 0 unspecified atom stereocenters. The molecule has 0 saturated carbocycles. The molecule has 0 aliphatic carbocycles. The van der Waals surface area contributed by atoms with Crippen LogP contribution in [0.1, 0.15) is 6.92 Å². The third-order valence-electron chi connectivity index (χ3n) is 4.94. The summed E-state index contributed by atoms with van der Waals surface area (Å²) >= 11 is 6.51. The van der Waals surface area contributed by atoms with Crippen LogP contribution in [0, 0.1) is 11.6 Å². The molecule has 0 aliphatic rings. The van der Waals surface area contributed by atoms with Gasteiger partial charge in [-0.15, -0.1) is 0 Å². The molecule has 0 spiro atoms. The molecule has 0 atom stereocenters. The minimum absolute atomic E-state index is 0.00611. The standard InChI is InChI=1S/C23H17ClF2N2O2S/c1-2-31(29,30)17-6-3-5-15(13-17)16-9-10-21(18(24)14-16)28-12-11-27-23(28)22-19(25)7-4-8-20(22)26/h3-14H,2H2,1H3. The summed E-state index contributed by atoms with van der Waals surface area (Å²) in [5, 5.41) is 0.317. The van der Waals surface area contributed by atoms with Crippen LogP contribution in [0.5, 0.6) is 0 Å². The van der Waals surface area contributed by atoms with E-state index in [2.05, 4.69) is 4.98 Å². The van der Waals surface area contributed by atoms with Gasteiger partial charge in [0.1, 0.15) is 17.5 Å². The maximum Gasteiger partial charge on any atom is 0.178 e. The van der Waals surface area contributed by atoms with E-state index >= 15 is 0 Å². The fourth-order valence-corrected chi connectivity index (χ4v) is 4.51. The maximum atomic E-state index is 14.3. The van der Waals surface area contributed by atoms with Gasteiger partial charge in [0.15, 0.2) is 9.84 Å². The first-order valence-electron chi connectivity index (χ1n) is 9.42. The normalized spacial score (nSPS) is 11.6. The summed E-state index contributed by atoms with van der Waals surface area (Å²) in [4.78, 5) is 4.35.